The maximum atomic E-state index is 11.9. The van der Waals surface area contributed by atoms with Crippen LogP contribution in [-0.2, 0) is 19.8 Å². The zero-order chi connectivity index (χ0) is 45.0. The Labute approximate surface area is 369 Å². The molecule has 0 saturated heterocycles. The SMILES string of the molecule is C=CNCCC(CCCC)(Nc1cccc(C(C)=O)c1)c1nc(-c2ccncc2)n[nH]1.CC.CCC(C)C1CCOc2ccc(OCCCCCOCCCOCC(=O)O)cc21. The number of carboxylic acid groups (broad SMARTS) is 1. The highest BCUT2D eigenvalue weighted by Crippen LogP contribution is 2.41. The minimum absolute atomic E-state index is 0.0378. The molecule has 3 heterocycles. The number of anilines is 1. The molecule has 2 aromatic carbocycles. The molecule has 3 unspecified atom stereocenters. The van der Waals surface area contributed by atoms with Gasteiger partial charge in [-0.15, -0.1) is 0 Å². The molecule has 2 aromatic heterocycles. The zero-order valence-electron chi connectivity index (χ0n) is 38.0. The Morgan fingerprint density at radius 2 is 1.74 bits per heavy atom. The molecule has 3 atom stereocenters. The van der Waals surface area contributed by atoms with Crippen LogP contribution < -0.4 is 20.1 Å². The van der Waals surface area contributed by atoms with Crippen molar-refractivity contribution in [3.8, 4) is 22.9 Å². The monoisotopic (exact) mass is 857 g/mol. The first-order valence-electron chi connectivity index (χ1n) is 22.5. The Balaban J connectivity index is 0.000000318. The lowest BCUT2D eigenvalue weighted by Gasteiger charge is -2.34. The standard InChI is InChI=1S/C24H30N6O.C23H36O6.C2H6/c1-4-6-12-24(13-16-25-5-2,28-21-9-7-8-20(17-21)18(3)31)23-27-22(29-30-23)19-10-14-26-15-11-19;1-3-18(2)20-10-15-29-22-9-8-19(16-21(20)22)28-14-6-4-5-11-26-12-7-13-27-17-23(24)25;1-2/h5,7-11,14-15,17,25,28H,2,4,6,12-13,16H2,1,3H3,(H,27,29,30);8-9,16,18,20H,3-7,10-15,17H2,1-2H3,(H,24,25);1-2H3. The van der Waals surface area contributed by atoms with Gasteiger partial charge in [-0.2, -0.15) is 5.10 Å². The van der Waals surface area contributed by atoms with Gasteiger partial charge >= 0.3 is 5.97 Å². The van der Waals surface area contributed by atoms with Gasteiger partial charge in [0.2, 0.25) is 0 Å². The van der Waals surface area contributed by atoms with Crippen LogP contribution in [0.4, 0.5) is 5.69 Å². The molecule has 0 spiro atoms. The molecule has 1 aliphatic rings. The topological polar surface area (TPSA) is 170 Å². The second-order valence-corrected chi connectivity index (χ2v) is 15.2. The maximum absolute atomic E-state index is 11.9. The van der Waals surface area contributed by atoms with Crippen LogP contribution in [0.2, 0.25) is 0 Å². The number of unbranched alkanes of at least 4 members (excludes halogenated alkanes) is 3. The number of aromatic amines is 1. The Morgan fingerprint density at radius 3 is 2.47 bits per heavy atom. The van der Waals surface area contributed by atoms with Gasteiger partial charge < -0.3 is 34.7 Å². The number of carbonyl (C=O) groups excluding carboxylic acids is 1. The second kappa shape index (κ2) is 29.1. The van der Waals surface area contributed by atoms with Crippen molar-refractivity contribution in [1.82, 2.24) is 25.5 Å². The summed E-state index contributed by atoms with van der Waals surface area (Å²) in [7, 11) is 0. The average molecular weight is 857 g/mol. The second-order valence-electron chi connectivity index (χ2n) is 15.2. The van der Waals surface area contributed by atoms with Crippen molar-refractivity contribution in [3.05, 3.63) is 96.7 Å². The van der Waals surface area contributed by atoms with Crippen LogP contribution in [0.3, 0.4) is 0 Å². The number of aromatic nitrogens is 4. The smallest absolute Gasteiger partial charge is 0.329 e. The minimum Gasteiger partial charge on any atom is -0.494 e. The lowest BCUT2D eigenvalue weighted by atomic mass is 9.82. The van der Waals surface area contributed by atoms with Crippen LogP contribution >= 0.6 is 0 Å². The number of fused-ring (bicyclic) bond motifs is 1. The molecule has 1 aliphatic heterocycles. The molecule has 4 N–H and O–H groups in total. The van der Waals surface area contributed by atoms with Crippen molar-refractivity contribution >= 4 is 17.4 Å². The number of pyridine rings is 1. The number of nitrogens with zero attached hydrogens (tertiary/aromatic N) is 3. The van der Waals surface area contributed by atoms with E-state index in [1.165, 1.54) is 12.0 Å². The Hall–Kier alpha value is -5.27. The molecular formula is C49H72N6O7. The fourth-order valence-electron chi connectivity index (χ4n) is 7.17. The van der Waals surface area contributed by atoms with Gasteiger partial charge in [-0.3, -0.25) is 14.9 Å². The highest BCUT2D eigenvalue weighted by atomic mass is 16.5. The van der Waals surface area contributed by atoms with E-state index in [0.717, 1.165) is 99.5 Å². The number of hydrogen-bond acceptors (Lipinski definition) is 11. The molecule has 0 saturated carbocycles. The summed E-state index contributed by atoms with van der Waals surface area (Å²) >= 11 is 0. The van der Waals surface area contributed by atoms with Gasteiger partial charge in [0, 0.05) is 61.1 Å². The quantitative estimate of drug-likeness (QED) is 0.0331. The van der Waals surface area contributed by atoms with Crippen LogP contribution in [0.25, 0.3) is 11.4 Å². The molecule has 62 heavy (non-hydrogen) atoms. The zero-order valence-corrected chi connectivity index (χ0v) is 38.0. The highest BCUT2D eigenvalue weighted by Gasteiger charge is 2.35. The Morgan fingerprint density at radius 1 is 0.984 bits per heavy atom. The molecule has 5 rings (SSSR count). The van der Waals surface area contributed by atoms with Gasteiger partial charge in [0.15, 0.2) is 17.4 Å². The van der Waals surface area contributed by atoms with E-state index in [2.05, 4.69) is 59.2 Å². The molecular weight excluding hydrogens is 785 g/mol. The average Bonchev–Trinajstić information content (AvgIpc) is 3.81. The predicted molar refractivity (Wildman–Crippen MR) is 247 cm³/mol. The fraction of sp³-hybridized carbons (Fsp3) is 0.531. The van der Waals surface area contributed by atoms with Gasteiger partial charge in [0.05, 0.1) is 18.8 Å². The Bertz CT molecular complexity index is 1870. The fourth-order valence-corrected chi connectivity index (χ4v) is 7.17. The first-order chi connectivity index (χ1) is 30.2. The van der Waals surface area contributed by atoms with Crippen molar-refractivity contribution in [2.24, 2.45) is 5.92 Å². The van der Waals surface area contributed by atoms with E-state index in [0.29, 0.717) is 49.7 Å². The summed E-state index contributed by atoms with van der Waals surface area (Å²) in [5.74, 6) is 3.65. The summed E-state index contributed by atoms with van der Waals surface area (Å²) in [5, 5.41) is 23.0. The van der Waals surface area contributed by atoms with E-state index in [9.17, 15) is 9.59 Å². The number of nitrogens with one attached hydrogen (secondary N) is 3. The minimum atomic E-state index is -0.938. The molecule has 13 nitrogen and oxygen atoms in total. The molecule has 0 bridgehead atoms. The normalized spacial score (nSPS) is 14.3. The van der Waals surface area contributed by atoms with Gasteiger partial charge in [0.1, 0.15) is 18.1 Å². The van der Waals surface area contributed by atoms with E-state index in [4.69, 9.17) is 29.0 Å². The number of ether oxygens (including phenoxy) is 4. The summed E-state index contributed by atoms with van der Waals surface area (Å²) in [6.45, 7) is 19.8. The Kier molecular flexibility index (Phi) is 24.0. The summed E-state index contributed by atoms with van der Waals surface area (Å²) in [6, 6.07) is 17.6. The van der Waals surface area contributed by atoms with Gasteiger partial charge in [-0.05, 0) is 112 Å². The van der Waals surface area contributed by atoms with Crippen LogP contribution in [0.15, 0.2) is 79.8 Å². The van der Waals surface area contributed by atoms with Crippen LogP contribution in [0, 0.1) is 5.92 Å². The third-order valence-corrected chi connectivity index (χ3v) is 10.7. The largest absolute Gasteiger partial charge is 0.494 e. The van der Waals surface area contributed by atoms with Gasteiger partial charge in [-0.25, -0.2) is 9.78 Å². The number of rotatable bonds is 27. The van der Waals surface area contributed by atoms with E-state index in [1.54, 1.807) is 25.5 Å². The third-order valence-electron chi connectivity index (χ3n) is 10.7. The van der Waals surface area contributed by atoms with Gasteiger partial charge in [0.25, 0.3) is 0 Å². The maximum Gasteiger partial charge on any atom is 0.329 e. The van der Waals surface area contributed by atoms with Crippen molar-refractivity contribution in [3.63, 3.8) is 0 Å². The lowest BCUT2D eigenvalue weighted by Crippen LogP contribution is -2.39. The van der Waals surface area contributed by atoms with Crippen molar-refractivity contribution in [2.45, 2.75) is 117 Å². The molecule has 0 aliphatic carbocycles. The van der Waals surface area contributed by atoms with E-state index < -0.39 is 11.5 Å². The van der Waals surface area contributed by atoms with Gasteiger partial charge in [-0.1, -0.05) is 72.6 Å². The van der Waals surface area contributed by atoms with Crippen molar-refractivity contribution < 1.29 is 33.6 Å². The summed E-state index contributed by atoms with van der Waals surface area (Å²) in [4.78, 5) is 31.1. The molecule has 0 radical (unpaired) electrons. The predicted octanol–water partition coefficient (Wildman–Crippen LogP) is 10.4. The van der Waals surface area contributed by atoms with Crippen molar-refractivity contribution in [1.29, 1.82) is 0 Å². The number of hydrogen-bond donors (Lipinski definition) is 4. The third kappa shape index (κ3) is 17.2. The number of H-pyrrole nitrogens is 1. The summed E-state index contributed by atoms with van der Waals surface area (Å²) < 4.78 is 22.3. The van der Waals surface area contributed by atoms with E-state index in [-0.39, 0.29) is 12.4 Å². The van der Waals surface area contributed by atoms with E-state index in [1.807, 2.05) is 62.4 Å². The first-order valence-corrected chi connectivity index (χ1v) is 22.5. The van der Waals surface area contributed by atoms with Crippen LogP contribution in [0.1, 0.15) is 133 Å². The summed E-state index contributed by atoms with van der Waals surface area (Å²) in [5.41, 5.74) is 3.27. The molecule has 0 amide bonds. The van der Waals surface area contributed by atoms with Crippen LogP contribution in [-0.4, -0.2) is 83.2 Å². The number of aliphatic carboxylic acids is 1. The molecule has 0 fully saturated rings. The number of carboxylic acids is 1. The molecule has 13 heteroatoms. The lowest BCUT2D eigenvalue weighted by molar-refractivity contribution is -0.142. The number of benzene rings is 2. The highest BCUT2D eigenvalue weighted by molar-refractivity contribution is 5.95. The summed E-state index contributed by atoms with van der Waals surface area (Å²) in [6.07, 6.45) is 14.9. The number of carbonyl (C=O) groups is 2. The molecule has 340 valence electrons. The molecule has 4 aromatic rings. The van der Waals surface area contributed by atoms with E-state index >= 15 is 0 Å². The number of ketones is 1. The first kappa shape index (κ1) is 51.1. The number of Topliss-reactive ketones (excluding diaryl/α,β-unsaturated/α-hetero) is 1. The van der Waals surface area contributed by atoms with Crippen molar-refractivity contribution in [2.75, 3.05) is 51.5 Å². The van der Waals surface area contributed by atoms with Crippen LogP contribution in [0.5, 0.6) is 11.5 Å².